The molecule has 3 aliphatic carbocycles. The second-order valence-electron chi connectivity index (χ2n) is 6.22. The van der Waals surface area contributed by atoms with Gasteiger partial charge in [-0.25, -0.2) is 0 Å². The molecule has 0 radical (unpaired) electrons. The van der Waals surface area contributed by atoms with Gasteiger partial charge in [0.15, 0.2) is 0 Å². The van der Waals surface area contributed by atoms with Crippen LogP contribution in [0.5, 0.6) is 0 Å². The van der Waals surface area contributed by atoms with E-state index >= 15 is 0 Å². The molecule has 0 aromatic rings. The first-order valence-corrected chi connectivity index (χ1v) is 6.78. The monoisotopic (exact) mass is 256 g/mol. The zero-order chi connectivity index (χ0) is 10.6. The molecule has 3 rings (SSSR count). The normalized spacial score (nSPS) is 34.8. The van der Waals surface area contributed by atoms with Gasteiger partial charge in [0, 0.05) is 5.33 Å². The van der Waals surface area contributed by atoms with Crippen LogP contribution in [0, 0.1) is 22.7 Å². The summed E-state index contributed by atoms with van der Waals surface area (Å²) in [5.41, 5.74) is 2.64. The molecule has 2 bridgehead atoms. The number of hydrogen-bond acceptors (Lipinski definition) is 0. The third kappa shape index (κ3) is 1.31. The maximum Gasteiger partial charge on any atom is 0.0120 e. The molecule has 1 heteroatoms. The molecule has 14 heavy (non-hydrogen) atoms. The van der Waals surface area contributed by atoms with Crippen LogP contribution >= 0.6 is 15.9 Å². The molecule has 0 aromatic heterocycles. The summed E-state index contributed by atoms with van der Waals surface area (Å²) in [5.74, 6) is 1.82. The van der Waals surface area contributed by atoms with Crippen molar-refractivity contribution in [3.63, 3.8) is 0 Å². The Bertz CT molecular complexity index is 273. The zero-order valence-electron chi connectivity index (χ0n) is 9.73. The highest BCUT2D eigenvalue weighted by atomic mass is 79.9. The third-order valence-corrected chi connectivity index (χ3v) is 5.99. The van der Waals surface area contributed by atoms with E-state index in [0.717, 1.165) is 17.2 Å². The van der Waals surface area contributed by atoms with E-state index in [1.807, 2.05) is 0 Å². The summed E-state index contributed by atoms with van der Waals surface area (Å²) in [6.45, 7) is 9.62. The van der Waals surface area contributed by atoms with Crippen LogP contribution in [0.3, 0.4) is 0 Å². The summed E-state index contributed by atoms with van der Waals surface area (Å²) in [6, 6.07) is 0. The summed E-state index contributed by atoms with van der Waals surface area (Å²) in [6.07, 6.45) is 5.27. The van der Waals surface area contributed by atoms with Gasteiger partial charge in [0.2, 0.25) is 0 Å². The topological polar surface area (TPSA) is 0 Å². The fourth-order valence-corrected chi connectivity index (χ4v) is 3.50. The SMILES string of the molecule is CC(C)(CBr)C1=CCC2CC1C2(C)C. The van der Waals surface area contributed by atoms with Crippen LogP contribution in [0.1, 0.15) is 40.5 Å². The van der Waals surface area contributed by atoms with E-state index < -0.39 is 0 Å². The molecule has 2 unspecified atom stereocenters. The Morgan fingerprint density at radius 2 is 2.14 bits per heavy atom. The predicted octanol–water partition coefficient (Wildman–Crippen LogP) is 4.40. The van der Waals surface area contributed by atoms with Gasteiger partial charge in [-0.2, -0.15) is 0 Å². The molecular weight excluding hydrogens is 236 g/mol. The van der Waals surface area contributed by atoms with E-state index in [4.69, 9.17) is 0 Å². The van der Waals surface area contributed by atoms with Gasteiger partial charge in [-0.05, 0) is 35.5 Å². The van der Waals surface area contributed by atoms with Crippen molar-refractivity contribution >= 4 is 15.9 Å². The second-order valence-corrected chi connectivity index (χ2v) is 6.78. The molecule has 0 aromatic carbocycles. The molecule has 1 saturated carbocycles. The molecule has 0 aliphatic heterocycles. The van der Waals surface area contributed by atoms with Crippen molar-refractivity contribution in [1.82, 2.24) is 0 Å². The maximum absolute atomic E-state index is 3.65. The fraction of sp³-hybridized carbons (Fsp3) is 0.846. The first-order valence-electron chi connectivity index (χ1n) is 5.66. The van der Waals surface area contributed by atoms with Crippen molar-refractivity contribution in [2.24, 2.45) is 22.7 Å². The largest absolute Gasteiger partial charge is 0.0919 e. The lowest BCUT2D eigenvalue weighted by Gasteiger charge is -2.59. The Morgan fingerprint density at radius 1 is 1.50 bits per heavy atom. The molecular formula is C13H21Br. The van der Waals surface area contributed by atoms with Crippen LogP contribution in [0.4, 0.5) is 0 Å². The lowest BCUT2D eigenvalue weighted by molar-refractivity contribution is -0.0172. The van der Waals surface area contributed by atoms with Gasteiger partial charge in [0.05, 0.1) is 0 Å². The number of alkyl halides is 1. The van der Waals surface area contributed by atoms with E-state index in [9.17, 15) is 0 Å². The van der Waals surface area contributed by atoms with Gasteiger partial charge in [-0.3, -0.25) is 0 Å². The quantitative estimate of drug-likeness (QED) is 0.508. The van der Waals surface area contributed by atoms with Crippen LogP contribution < -0.4 is 0 Å². The van der Waals surface area contributed by atoms with Crippen molar-refractivity contribution in [2.75, 3.05) is 5.33 Å². The smallest absolute Gasteiger partial charge is 0.0120 e. The maximum atomic E-state index is 3.65. The van der Waals surface area contributed by atoms with E-state index in [1.165, 1.54) is 12.8 Å². The molecule has 0 amide bonds. The molecule has 1 fully saturated rings. The van der Waals surface area contributed by atoms with Crippen molar-refractivity contribution in [1.29, 1.82) is 0 Å². The molecule has 2 atom stereocenters. The van der Waals surface area contributed by atoms with Crippen LogP contribution in [0.2, 0.25) is 0 Å². The Balaban J connectivity index is 2.27. The molecule has 0 nitrogen and oxygen atoms in total. The van der Waals surface area contributed by atoms with E-state index in [0.29, 0.717) is 10.8 Å². The average Bonchev–Trinajstić information content (AvgIpc) is 2.17. The zero-order valence-corrected chi connectivity index (χ0v) is 11.3. The van der Waals surface area contributed by atoms with Gasteiger partial charge in [-0.1, -0.05) is 55.3 Å². The first-order chi connectivity index (χ1) is 6.39. The van der Waals surface area contributed by atoms with Crippen LogP contribution in [-0.2, 0) is 0 Å². The number of allylic oxidation sites excluding steroid dienone is 2. The van der Waals surface area contributed by atoms with Crippen molar-refractivity contribution in [3.8, 4) is 0 Å². The molecule has 80 valence electrons. The minimum Gasteiger partial charge on any atom is -0.0919 e. The average molecular weight is 257 g/mol. The Labute approximate surface area is 96.3 Å². The summed E-state index contributed by atoms with van der Waals surface area (Å²) < 4.78 is 0. The summed E-state index contributed by atoms with van der Waals surface area (Å²) >= 11 is 3.65. The highest BCUT2D eigenvalue weighted by molar-refractivity contribution is 9.09. The minimum atomic E-state index is 0.354. The third-order valence-electron chi connectivity index (χ3n) is 4.58. The lowest BCUT2D eigenvalue weighted by atomic mass is 9.46. The van der Waals surface area contributed by atoms with Gasteiger partial charge in [0.1, 0.15) is 0 Å². The number of hydrogen-bond donors (Lipinski definition) is 0. The summed E-state index contributed by atoms with van der Waals surface area (Å²) in [5, 5.41) is 1.09. The number of rotatable bonds is 2. The van der Waals surface area contributed by atoms with Crippen molar-refractivity contribution < 1.29 is 0 Å². The summed E-state index contributed by atoms with van der Waals surface area (Å²) in [7, 11) is 0. The van der Waals surface area contributed by atoms with Crippen molar-refractivity contribution in [3.05, 3.63) is 11.6 Å². The Morgan fingerprint density at radius 3 is 2.57 bits per heavy atom. The van der Waals surface area contributed by atoms with Gasteiger partial charge in [-0.15, -0.1) is 0 Å². The highest BCUT2D eigenvalue weighted by Gasteiger charge is 2.53. The Hall–Kier alpha value is 0.220. The highest BCUT2D eigenvalue weighted by Crippen LogP contribution is 2.62. The molecule has 0 saturated heterocycles. The lowest BCUT2D eigenvalue weighted by Crippen LogP contribution is -2.50. The fourth-order valence-electron chi connectivity index (χ4n) is 3.18. The second kappa shape index (κ2) is 3.10. The Kier molecular flexibility index (Phi) is 2.38. The van der Waals surface area contributed by atoms with Gasteiger partial charge < -0.3 is 0 Å². The van der Waals surface area contributed by atoms with Gasteiger partial charge in [0.25, 0.3) is 0 Å². The summed E-state index contributed by atoms with van der Waals surface area (Å²) in [4.78, 5) is 0. The standard InChI is InChI=1S/C13H21Br/c1-12(2,8-14)10-6-5-9-7-11(10)13(9,3)4/h6,9,11H,5,7-8H2,1-4H3. The van der Waals surface area contributed by atoms with Crippen LogP contribution in [-0.4, -0.2) is 5.33 Å². The molecule has 3 aliphatic rings. The van der Waals surface area contributed by atoms with Gasteiger partial charge >= 0.3 is 0 Å². The number of fused-ring (bicyclic) bond motifs is 1. The molecule has 0 spiro atoms. The number of halogens is 1. The molecule has 0 heterocycles. The van der Waals surface area contributed by atoms with E-state index in [1.54, 1.807) is 5.57 Å². The van der Waals surface area contributed by atoms with E-state index in [2.05, 4.69) is 49.7 Å². The predicted molar refractivity (Wildman–Crippen MR) is 65.7 cm³/mol. The molecule has 0 N–H and O–H groups in total. The minimum absolute atomic E-state index is 0.354. The first kappa shape index (κ1) is 10.7. The van der Waals surface area contributed by atoms with Crippen molar-refractivity contribution in [2.45, 2.75) is 40.5 Å². The van der Waals surface area contributed by atoms with Crippen LogP contribution in [0.25, 0.3) is 0 Å². The van der Waals surface area contributed by atoms with E-state index in [-0.39, 0.29) is 0 Å². The van der Waals surface area contributed by atoms with Crippen LogP contribution in [0.15, 0.2) is 11.6 Å².